The Morgan fingerprint density at radius 1 is 1.33 bits per heavy atom. The Balaban J connectivity index is 2.27. The van der Waals surface area contributed by atoms with Crippen LogP contribution in [-0.4, -0.2) is 10.1 Å². The highest BCUT2D eigenvalue weighted by Crippen LogP contribution is 2.26. The Labute approximate surface area is 110 Å². The molecule has 2 nitrogen and oxygen atoms in total. The fourth-order valence-corrected chi connectivity index (χ4v) is 2.10. The van der Waals surface area contributed by atoms with Gasteiger partial charge in [-0.2, -0.15) is 0 Å². The standard InChI is InChI=1S/C14H13ClFNO/c1-9-4-3-7-17-14(9)13(18)8-10-11(15)5-2-6-12(10)16/h2-7,13,18H,8H2,1H3. The molecule has 0 aliphatic rings. The molecule has 0 amide bonds. The number of aliphatic hydroxyl groups is 1. The summed E-state index contributed by atoms with van der Waals surface area (Å²) in [5.41, 5.74) is 1.74. The Bertz CT molecular complexity index is 539. The van der Waals surface area contributed by atoms with E-state index in [1.807, 2.05) is 13.0 Å². The molecule has 1 aromatic carbocycles. The first kappa shape index (κ1) is 13.0. The Hall–Kier alpha value is -1.45. The van der Waals surface area contributed by atoms with Gasteiger partial charge in [0.2, 0.25) is 0 Å². The Morgan fingerprint density at radius 2 is 2.11 bits per heavy atom. The maximum absolute atomic E-state index is 13.6. The van der Waals surface area contributed by atoms with E-state index in [1.54, 1.807) is 24.4 Å². The molecule has 0 bridgehead atoms. The minimum absolute atomic E-state index is 0.114. The van der Waals surface area contributed by atoms with Crippen molar-refractivity contribution in [2.45, 2.75) is 19.4 Å². The molecule has 1 N–H and O–H groups in total. The van der Waals surface area contributed by atoms with E-state index in [2.05, 4.69) is 4.98 Å². The first-order valence-electron chi connectivity index (χ1n) is 5.62. The smallest absolute Gasteiger partial charge is 0.127 e. The lowest BCUT2D eigenvalue weighted by Crippen LogP contribution is -2.07. The van der Waals surface area contributed by atoms with E-state index in [9.17, 15) is 9.50 Å². The fourth-order valence-electron chi connectivity index (χ4n) is 1.86. The molecule has 94 valence electrons. The zero-order chi connectivity index (χ0) is 13.1. The molecule has 2 rings (SSSR count). The molecule has 0 fully saturated rings. The number of hydrogen-bond donors (Lipinski definition) is 1. The number of rotatable bonds is 3. The van der Waals surface area contributed by atoms with Gasteiger partial charge in [0.1, 0.15) is 11.9 Å². The summed E-state index contributed by atoms with van der Waals surface area (Å²) < 4.78 is 13.6. The summed E-state index contributed by atoms with van der Waals surface area (Å²) >= 11 is 5.93. The van der Waals surface area contributed by atoms with Gasteiger partial charge in [0.25, 0.3) is 0 Å². The minimum Gasteiger partial charge on any atom is -0.386 e. The predicted octanol–water partition coefficient (Wildman–Crippen LogP) is 3.46. The summed E-state index contributed by atoms with van der Waals surface area (Å²) in [5, 5.41) is 10.4. The van der Waals surface area contributed by atoms with E-state index in [0.29, 0.717) is 16.3 Å². The van der Waals surface area contributed by atoms with E-state index >= 15 is 0 Å². The summed E-state index contributed by atoms with van der Waals surface area (Å²) in [4.78, 5) is 4.12. The average Bonchev–Trinajstić information content (AvgIpc) is 2.34. The Morgan fingerprint density at radius 3 is 2.78 bits per heavy atom. The predicted molar refractivity (Wildman–Crippen MR) is 69.0 cm³/mol. The summed E-state index contributed by atoms with van der Waals surface area (Å²) in [6.45, 7) is 1.86. The third-order valence-corrected chi connectivity index (χ3v) is 3.18. The topological polar surface area (TPSA) is 33.1 Å². The minimum atomic E-state index is -0.861. The number of pyridine rings is 1. The van der Waals surface area contributed by atoms with Crippen molar-refractivity contribution in [3.8, 4) is 0 Å². The second-order valence-corrected chi connectivity index (χ2v) is 4.53. The van der Waals surface area contributed by atoms with Gasteiger partial charge in [-0.15, -0.1) is 0 Å². The van der Waals surface area contributed by atoms with Crippen LogP contribution in [-0.2, 0) is 6.42 Å². The van der Waals surface area contributed by atoms with Crippen molar-refractivity contribution in [2.24, 2.45) is 0 Å². The van der Waals surface area contributed by atoms with Crippen LogP contribution in [0.15, 0.2) is 36.5 Å². The van der Waals surface area contributed by atoms with Gasteiger partial charge in [0, 0.05) is 23.2 Å². The molecule has 0 aliphatic carbocycles. The maximum atomic E-state index is 13.6. The average molecular weight is 266 g/mol. The highest BCUT2D eigenvalue weighted by Gasteiger charge is 2.16. The van der Waals surface area contributed by atoms with Gasteiger partial charge in [-0.05, 0) is 30.7 Å². The first-order valence-corrected chi connectivity index (χ1v) is 6.00. The molecule has 0 radical (unpaired) electrons. The molecule has 0 saturated carbocycles. The van der Waals surface area contributed by atoms with E-state index in [1.165, 1.54) is 6.07 Å². The maximum Gasteiger partial charge on any atom is 0.127 e. The van der Waals surface area contributed by atoms with Crippen molar-refractivity contribution >= 4 is 11.6 Å². The Kier molecular flexibility index (Phi) is 3.94. The number of nitrogens with zero attached hydrogens (tertiary/aromatic N) is 1. The molecule has 0 spiro atoms. The molecular weight excluding hydrogens is 253 g/mol. The first-order chi connectivity index (χ1) is 8.59. The van der Waals surface area contributed by atoms with Crippen LogP contribution in [0.3, 0.4) is 0 Å². The van der Waals surface area contributed by atoms with Gasteiger partial charge < -0.3 is 5.11 Å². The van der Waals surface area contributed by atoms with Crippen LogP contribution in [0.1, 0.15) is 22.9 Å². The monoisotopic (exact) mass is 265 g/mol. The molecule has 4 heteroatoms. The number of aromatic nitrogens is 1. The van der Waals surface area contributed by atoms with E-state index in [-0.39, 0.29) is 6.42 Å². The molecule has 0 aliphatic heterocycles. The zero-order valence-corrected chi connectivity index (χ0v) is 10.7. The normalized spacial score (nSPS) is 12.4. The molecule has 2 aromatic rings. The third kappa shape index (κ3) is 2.68. The highest BCUT2D eigenvalue weighted by molar-refractivity contribution is 6.31. The number of hydrogen-bond acceptors (Lipinski definition) is 2. The van der Waals surface area contributed by atoms with Crippen molar-refractivity contribution in [2.75, 3.05) is 0 Å². The number of aliphatic hydroxyl groups excluding tert-OH is 1. The number of halogens is 2. The van der Waals surface area contributed by atoms with Crippen LogP contribution in [0.4, 0.5) is 4.39 Å². The molecule has 1 unspecified atom stereocenters. The van der Waals surface area contributed by atoms with Crippen molar-refractivity contribution in [1.29, 1.82) is 0 Å². The van der Waals surface area contributed by atoms with E-state index in [4.69, 9.17) is 11.6 Å². The molecule has 1 heterocycles. The molecule has 18 heavy (non-hydrogen) atoms. The fraction of sp³-hybridized carbons (Fsp3) is 0.214. The van der Waals surface area contributed by atoms with Crippen LogP contribution in [0, 0.1) is 12.7 Å². The number of aryl methyl sites for hydroxylation is 1. The summed E-state index contributed by atoms with van der Waals surface area (Å²) in [6.07, 6.45) is 0.860. The highest BCUT2D eigenvalue weighted by atomic mass is 35.5. The molecule has 0 saturated heterocycles. The van der Waals surface area contributed by atoms with Crippen LogP contribution < -0.4 is 0 Å². The second kappa shape index (κ2) is 5.46. The quantitative estimate of drug-likeness (QED) is 0.922. The van der Waals surface area contributed by atoms with Crippen LogP contribution in [0.25, 0.3) is 0 Å². The van der Waals surface area contributed by atoms with Gasteiger partial charge in [0.05, 0.1) is 5.69 Å². The zero-order valence-electron chi connectivity index (χ0n) is 9.90. The summed E-state index contributed by atoms with van der Waals surface area (Å²) in [7, 11) is 0. The molecular formula is C14H13ClFNO. The second-order valence-electron chi connectivity index (χ2n) is 4.13. The van der Waals surface area contributed by atoms with Crippen molar-refractivity contribution < 1.29 is 9.50 Å². The lowest BCUT2D eigenvalue weighted by Gasteiger charge is -2.13. The van der Waals surface area contributed by atoms with E-state index < -0.39 is 11.9 Å². The van der Waals surface area contributed by atoms with Crippen molar-refractivity contribution in [1.82, 2.24) is 4.98 Å². The van der Waals surface area contributed by atoms with Crippen molar-refractivity contribution in [3.05, 3.63) is 64.2 Å². The summed E-state index contributed by atoms with van der Waals surface area (Å²) in [6, 6.07) is 8.13. The van der Waals surface area contributed by atoms with Gasteiger partial charge in [-0.1, -0.05) is 23.7 Å². The van der Waals surface area contributed by atoms with Gasteiger partial charge in [-0.25, -0.2) is 4.39 Å². The van der Waals surface area contributed by atoms with Gasteiger partial charge in [-0.3, -0.25) is 4.98 Å². The number of benzene rings is 1. The van der Waals surface area contributed by atoms with Gasteiger partial charge >= 0.3 is 0 Å². The summed E-state index contributed by atoms with van der Waals surface area (Å²) in [5.74, 6) is -0.407. The molecule has 1 aromatic heterocycles. The largest absolute Gasteiger partial charge is 0.386 e. The third-order valence-electron chi connectivity index (χ3n) is 2.82. The van der Waals surface area contributed by atoms with E-state index in [0.717, 1.165) is 5.56 Å². The molecule has 1 atom stereocenters. The van der Waals surface area contributed by atoms with Crippen molar-refractivity contribution in [3.63, 3.8) is 0 Å². The lowest BCUT2D eigenvalue weighted by molar-refractivity contribution is 0.171. The van der Waals surface area contributed by atoms with Gasteiger partial charge in [0.15, 0.2) is 0 Å². The van der Waals surface area contributed by atoms with Crippen LogP contribution >= 0.6 is 11.6 Å². The van der Waals surface area contributed by atoms with Crippen LogP contribution in [0.2, 0.25) is 5.02 Å². The SMILES string of the molecule is Cc1cccnc1C(O)Cc1c(F)cccc1Cl. The lowest BCUT2D eigenvalue weighted by atomic mass is 10.0. The van der Waals surface area contributed by atoms with Crippen LogP contribution in [0.5, 0.6) is 0 Å².